The molecule has 0 bridgehead atoms. The molecule has 7 heteroatoms. The number of aromatic hydroxyl groups is 1. The minimum atomic E-state index is -1.29. The molecular weight excluding hydrogens is 276 g/mol. The number of nitrogens with two attached hydrogens (primary N) is 1. The number of benzene rings is 2. The van der Waals surface area contributed by atoms with E-state index in [0.29, 0.717) is 11.4 Å². The van der Waals surface area contributed by atoms with Crippen LogP contribution in [-0.4, -0.2) is 27.3 Å². The van der Waals surface area contributed by atoms with Crippen molar-refractivity contribution >= 4 is 29.0 Å². The van der Waals surface area contributed by atoms with Crippen LogP contribution in [0.25, 0.3) is 0 Å². The predicted molar refractivity (Wildman–Crippen MR) is 76.2 cm³/mol. The van der Waals surface area contributed by atoms with Gasteiger partial charge in [-0.05, 0) is 36.4 Å². The van der Waals surface area contributed by atoms with Gasteiger partial charge in [-0.3, -0.25) is 0 Å². The van der Waals surface area contributed by atoms with Crippen molar-refractivity contribution in [1.82, 2.24) is 0 Å². The van der Waals surface area contributed by atoms with Gasteiger partial charge in [-0.15, -0.1) is 0 Å². The molecule has 0 saturated heterocycles. The molecular formula is C14H12N2O5. The average molecular weight is 288 g/mol. The smallest absolute Gasteiger partial charge is 0.339 e. The van der Waals surface area contributed by atoms with E-state index in [-0.39, 0.29) is 22.6 Å². The van der Waals surface area contributed by atoms with Crippen molar-refractivity contribution in [2.75, 3.05) is 11.1 Å². The molecule has 2 aromatic rings. The summed E-state index contributed by atoms with van der Waals surface area (Å²) < 4.78 is 0. The van der Waals surface area contributed by atoms with Crippen molar-refractivity contribution in [2.45, 2.75) is 0 Å². The number of carboxylic acid groups (broad SMARTS) is 2. The van der Waals surface area contributed by atoms with Gasteiger partial charge in [0.15, 0.2) is 0 Å². The second-order valence-electron chi connectivity index (χ2n) is 4.27. The van der Waals surface area contributed by atoms with E-state index in [0.717, 1.165) is 0 Å². The number of rotatable bonds is 4. The highest BCUT2D eigenvalue weighted by Crippen LogP contribution is 2.27. The van der Waals surface area contributed by atoms with Crippen LogP contribution >= 0.6 is 0 Å². The van der Waals surface area contributed by atoms with Crippen LogP contribution in [0.3, 0.4) is 0 Å². The Hall–Kier alpha value is -3.22. The average Bonchev–Trinajstić information content (AvgIpc) is 2.42. The second-order valence-corrected chi connectivity index (χ2v) is 4.27. The minimum Gasteiger partial charge on any atom is -0.507 e. The van der Waals surface area contributed by atoms with E-state index in [1.54, 1.807) is 0 Å². The van der Waals surface area contributed by atoms with Gasteiger partial charge in [0, 0.05) is 11.4 Å². The lowest BCUT2D eigenvalue weighted by molar-refractivity contribution is 0.0684. The standard InChI is InChI=1S/C14H12N2O5/c15-7-1-3-11(9(5-7)13(18)19)16-8-2-4-12(17)10(6-8)14(20)21/h1-6,16-17H,15H2,(H,18,19)(H,20,21). The highest BCUT2D eigenvalue weighted by molar-refractivity contribution is 5.97. The third-order valence-corrected chi connectivity index (χ3v) is 2.78. The van der Waals surface area contributed by atoms with Crippen LogP contribution in [0.1, 0.15) is 20.7 Å². The number of aromatic carboxylic acids is 2. The molecule has 0 unspecified atom stereocenters. The fourth-order valence-corrected chi connectivity index (χ4v) is 1.79. The molecule has 0 spiro atoms. The second kappa shape index (κ2) is 5.41. The number of nitrogens with one attached hydrogen (secondary N) is 1. The third kappa shape index (κ3) is 3.03. The lowest BCUT2D eigenvalue weighted by atomic mass is 10.1. The van der Waals surface area contributed by atoms with Crippen molar-refractivity contribution in [3.8, 4) is 5.75 Å². The molecule has 21 heavy (non-hydrogen) atoms. The predicted octanol–water partition coefficient (Wildman–Crippen LogP) is 2.11. The monoisotopic (exact) mass is 288 g/mol. The highest BCUT2D eigenvalue weighted by atomic mass is 16.4. The summed E-state index contributed by atoms with van der Waals surface area (Å²) in [6.07, 6.45) is 0. The molecule has 2 aromatic carbocycles. The fourth-order valence-electron chi connectivity index (χ4n) is 1.79. The van der Waals surface area contributed by atoms with Crippen molar-refractivity contribution < 1.29 is 24.9 Å². The van der Waals surface area contributed by atoms with Crippen LogP contribution in [-0.2, 0) is 0 Å². The van der Waals surface area contributed by atoms with Gasteiger partial charge in [0.1, 0.15) is 11.3 Å². The maximum absolute atomic E-state index is 11.2. The largest absolute Gasteiger partial charge is 0.507 e. The Balaban J connectivity index is 2.41. The summed E-state index contributed by atoms with van der Waals surface area (Å²) in [4.78, 5) is 22.1. The van der Waals surface area contributed by atoms with Gasteiger partial charge in [0.05, 0.1) is 11.3 Å². The molecule has 0 heterocycles. The molecule has 2 rings (SSSR count). The van der Waals surface area contributed by atoms with E-state index >= 15 is 0 Å². The van der Waals surface area contributed by atoms with Crippen LogP contribution in [0.2, 0.25) is 0 Å². The maximum atomic E-state index is 11.2. The zero-order valence-corrected chi connectivity index (χ0v) is 10.7. The minimum absolute atomic E-state index is 0.0417. The summed E-state index contributed by atoms with van der Waals surface area (Å²) in [6, 6.07) is 8.15. The number of phenols is 1. The molecule has 0 fully saturated rings. The van der Waals surface area contributed by atoms with Crippen LogP contribution in [0.4, 0.5) is 17.1 Å². The van der Waals surface area contributed by atoms with Gasteiger partial charge >= 0.3 is 11.9 Å². The number of nitrogen functional groups attached to an aromatic ring is 1. The maximum Gasteiger partial charge on any atom is 0.339 e. The topological polar surface area (TPSA) is 133 Å². The van der Waals surface area contributed by atoms with Crippen molar-refractivity contribution in [3.63, 3.8) is 0 Å². The Morgan fingerprint density at radius 2 is 1.62 bits per heavy atom. The number of carboxylic acids is 2. The molecule has 0 saturated carbocycles. The van der Waals surface area contributed by atoms with Crippen LogP contribution in [0, 0.1) is 0 Å². The molecule has 7 nitrogen and oxygen atoms in total. The summed E-state index contributed by atoms with van der Waals surface area (Å²) in [5.74, 6) is -2.82. The van der Waals surface area contributed by atoms with E-state index in [9.17, 15) is 14.7 Å². The highest BCUT2D eigenvalue weighted by Gasteiger charge is 2.13. The SMILES string of the molecule is Nc1ccc(Nc2ccc(O)c(C(=O)O)c2)c(C(=O)O)c1. The molecule has 0 aliphatic rings. The van der Waals surface area contributed by atoms with Gasteiger partial charge in [-0.2, -0.15) is 0 Å². The Labute approximate surface area is 119 Å². The summed E-state index contributed by atoms with van der Waals surface area (Å²) in [7, 11) is 0. The molecule has 0 atom stereocenters. The first-order chi connectivity index (χ1) is 9.88. The van der Waals surface area contributed by atoms with Crippen molar-refractivity contribution in [1.29, 1.82) is 0 Å². The Morgan fingerprint density at radius 1 is 0.952 bits per heavy atom. The zero-order chi connectivity index (χ0) is 15.6. The van der Waals surface area contributed by atoms with E-state index in [1.165, 1.54) is 36.4 Å². The third-order valence-electron chi connectivity index (χ3n) is 2.78. The number of anilines is 3. The summed E-state index contributed by atoms with van der Waals surface area (Å²) in [5, 5.41) is 30.3. The molecule has 0 aliphatic carbocycles. The lowest BCUT2D eigenvalue weighted by Crippen LogP contribution is -2.04. The molecule has 0 amide bonds. The van der Waals surface area contributed by atoms with E-state index < -0.39 is 11.9 Å². The van der Waals surface area contributed by atoms with E-state index in [4.69, 9.17) is 15.9 Å². The molecule has 0 aromatic heterocycles. The van der Waals surface area contributed by atoms with Crippen LogP contribution in [0.5, 0.6) is 5.75 Å². The van der Waals surface area contributed by atoms with Crippen LogP contribution in [0.15, 0.2) is 36.4 Å². The molecule has 6 N–H and O–H groups in total. The summed E-state index contributed by atoms with van der Waals surface area (Å²) >= 11 is 0. The fraction of sp³-hybridized carbons (Fsp3) is 0. The normalized spacial score (nSPS) is 10.1. The summed E-state index contributed by atoms with van der Waals surface area (Å²) in [5.41, 5.74) is 6.11. The first-order valence-corrected chi connectivity index (χ1v) is 5.84. The van der Waals surface area contributed by atoms with Gasteiger partial charge in [-0.1, -0.05) is 0 Å². The quantitative estimate of drug-likeness (QED) is 0.429. The van der Waals surface area contributed by atoms with E-state index in [2.05, 4.69) is 5.32 Å². The summed E-state index contributed by atoms with van der Waals surface area (Å²) in [6.45, 7) is 0. The first kappa shape index (κ1) is 14.2. The zero-order valence-electron chi connectivity index (χ0n) is 10.7. The van der Waals surface area contributed by atoms with E-state index in [1.807, 2.05) is 0 Å². The van der Waals surface area contributed by atoms with Gasteiger partial charge in [-0.25, -0.2) is 9.59 Å². The van der Waals surface area contributed by atoms with Crippen molar-refractivity contribution in [2.24, 2.45) is 0 Å². The van der Waals surface area contributed by atoms with Gasteiger partial charge in [0.25, 0.3) is 0 Å². The molecule has 0 aliphatic heterocycles. The van der Waals surface area contributed by atoms with Gasteiger partial charge in [0.2, 0.25) is 0 Å². The Bertz CT molecular complexity index is 727. The van der Waals surface area contributed by atoms with Gasteiger partial charge < -0.3 is 26.4 Å². The number of hydrogen-bond acceptors (Lipinski definition) is 5. The van der Waals surface area contributed by atoms with Crippen molar-refractivity contribution in [3.05, 3.63) is 47.5 Å². The Kier molecular flexibility index (Phi) is 3.66. The lowest BCUT2D eigenvalue weighted by Gasteiger charge is -2.11. The van der Waals surface area contributed by atoms with Crippen LogP contribution < -0.4 is 11.1 Å². The molecule has 0 radical (unpaired) electrons. The number of hydrogen-bond donors (Lipinski definition) is 5. The first-order valence-electron chi connectivity index (χ1n) is 5.84. The Morgan fingerprint density at radius 3 is 2.24 bits per heavy atom. The number of carbonyl (C=O) groups is 2. The molecule has 108 valence electrons.